The van der Waals surface area contributed by atoms with Gasteiger partial charge in [0.05, 0.1) is 0 Å². The average molecular weight is 204 g/mol. The van der Waals surface area contributed by atoms with E-state index in [0.29, 0.717) is 5.41 Å². The molecule has 0 heteroatoms. The number of fused-ring (bicyclic) bond motifs is 3. The first-order valence-electron chi connectivity index (χ1n) is 6.71. The average Bonchev–Trinajstić information content (AvgIpc) is 2.55. The molecule has 0 aromatic rings. The number of hydrogen-bond acceptors (Lipinski definition) is 0. The Bertz CT molecular complexity index is 299. The highest BCUT2D eigenvalue weighted by Crippen LogP contribution is 2.70. The molecule has 0 aromatic carbocycles. The lowest BCUT2D eigenvalue weighted by atomic mass is 9.80. The first-order chi connectivity index (χ1) is 7.03. The molecule has 3 saturated carbocycles. The molecule has 0 amide bonds. The molecule has 0 aliphatic heterocycles. The lowest BCUT2D eigenvalue weighted by molar-refractivity contribution is 0.280. The van der Waals surface area contributed by atoms with Crippen LogP contribution in [0.15, 0.2) is 12.2 Å². The van der Waals surface area contributed by atoms with Crippen LogP contribution >= 0.6 is 0 Å². The van der Waals surface area contributed by atoms with Gasteiger partial charge in [0, 0.05) is 0 Å². The predicted molar refractivity (Wildman–Crippen MR) is 64.5 cm³/mol. The standard InChI is InChI=1S/C15H24/c1-9-6-8-12-14(15(12,3)4)13-10(2)5-7-11(9)13/h10-14H,1,5-8H2,2-4H3/t10-,11+,12+,13-,14+/m1/s1. The van der Waals surface area contributed by atoms with Crippen LogP contribution in [-0.2, 0) is 0 Å². The van der Waals surface area contributed by atoms with Gasteiger partial charge in [-0.25, -0.2) is 0 Å². The number of hydrogen-bond donors (Lipinski definition) is 0. The Hall–Kier alpha value is -0.260. The highest BCUT2D eigenvalue weighted by molar-refractivity contribution is 5.20. The van der Waals surface area contributed by atoms with Crippen molar-refractivity contribution in [1.29, 1.82) is 0 Å². The summed E-state index contributed by atoms with van der Waals surface area (Å²) in [6, 6.07) is 0. The normalized spacial score (nSPS) is 51.9. The summed E-state index contributed by atoms with van der Waals surface area (Å²) in [5.41, 5.74) is 2.25. The molecule has 0 saturated heterocycles. The molecule has 0 unspecified atom stereocenters. The molecule has 5 atom stereocenters. The minimum atomic E-state index is 0.655. The van der Waals surface area contributed by atoms with Crippen LogP contribution in [0.1, 0.15) is 46.5 Å². The number of allylic oxidation sites excluding steroid dienone is 1. The van der Waals surface area contributed by atoms with Crippen molar-refractivity contribution < 1.29 is 0 Å². The SMILES string of the molecule is C=C1CC[C@H]2[C@@H]([C@@H]3[C@H](C)CC[C@@H]13)C2(C)C. The van der Waals surface area contributed by atoms with E-state index in [1.165, 1.54) is 25.7 Å². The molecule has 0 bridgehead atoms. The Morgan fingerprint density at radius 1 is 1.20 bits per heavy atom. The second kappa shape index (κ2) is 2.90. The smallest absolute Gasteiger partial charge is 0.0172 e. The fourth-order valence-corrected chi connectivity index (χ4v) is 4.93. The van der Waals surface area contributed by atoms with Crippen LogP contribution in [0.3, 0.4) is 0 Å². The zero-order valence-corrected chi connectivity index (χ0v) is 10.4. The van der Waals surface area contributed by atoms with Crippen molar-refractivity contribution in [1.82, 2.24) is 0 Å². The Kier molecular flexibility index (Phi) is 1.92. The van der Waals surface area contributed by atoms with Crippen LogP contribution in [0.4, 0.5) is 0 Å². The summed E-state index contributed by atoms with van der Waals surface area (Å²) in [4.78, 5) is 0. The molecule has 3 aliphatic rings. The van der Waals surface area contributed by atoms with Crippen molar-refractivity contribution in [3.8, 4) is 0 Å². The van der Waals surface area contributed by atoms with Crippen molar-refractivity contribution in [2.75, 3.05) is 0 Å². The van der Waals surface area contributed by atoms with E-state index >= 15 is 0 Å². The van der Waals surface area contributed by atoms with E-state index in [2.05, 4.69) is 27.4 Å². The molecule has 0 heterocycles. The second-order valence-corrected chi connectivity index (χ2v) is 6.89. The van der Waals surface area contributed by atoms with Crippen LogP contribution in [-0.4, -0.2) is 0 Å². The molecule has 3 aliphatic carbocycles. The third-order valence-corrected chi connectivity index (χ3v) is 5.91. The summed E-state index contributed by atoms with van der Waals surface area (Å²) in [7, 11) is 0. The maximum atomic E-state index is 4.35. The van der Waals surface area contributed by atoms with Gasteiger partial charge in [-0.15, -0.1) is 0 Å². The van der Waals surface area contributed by atoms with Gasteiger partial charge in [-0.1, -0.05) is 32.9 Å². The molecule has 0 spiro atoms. The van der Waals surface area contributed by atoms with Gasteiger partial charge in [0.25, 0.3) is 0 Å². The van der Waals surface area contributed by atoms with Gasteiger partial charge >= 0.3 is 0 Å². The molecule has 0 aromatic heterocycles. The lowest BCUT2D eigenvalue weighted by Gasteiger charge is -2.25. The summed E-state index contributed by atoms with van der Waals surface area (Å²) >= 11 is 0. The van der Waals surface area contributed by atoms with E-state index in [-0.39, 0.29) is 0 Å². The van der Waals surface area contributed by atoms with E-state index in [4.69, 9.17) is 0 Å². The van der Waals surface area contributed by atoms with Crippen LogP contribution in [0.2, 0.25) is 0 Å². The highest BCUT2D eigenvalue weighted by Gasteiger charge is 2.64. The summed E-state index contributed by atoms with van der Waals surface area (Å²) in [5, 5.41) is 0. The molecule has 0 nitrogen and oxygen atoms in total. The third-order valence-electron chi connectivity index (χ3n) is 5.91. The number of rotatable bonds is 0. The van der Waals surface area contributed by atoms with Gasteiger partial charge in [0.1, 0.15) is 0 Å². The quantitative estimate of drug-likeness (QED) is 0.517. The Morgan fingerprint density at radius 3 is 2.67 bits per heavy atom. The van der Waals surface area contributed by atoms with Crippen molar-refractivity contribution in [2.24, 2.45) is 35.0 Å². The second-order valence-electron chi connectivity index (χ2n) is 6.89. The van der Waals surface area contributed by atoms with Crippen molar-refractivity contribution in [3.05, 3.63) is 12.2 Å². The summed E-state index contributed by atoms with van der Waals surface area (Å²) in [5.74, 6) is 4.87. The maximum Gasteiger partial charge on any atom is -0.0172 e. The van der Waals surface area contributed by atoms with Crippen LogP contribution in [0.5, 0.6) is 0 Å². The molecule has 15 heavy (non-hydrogen) atoms. The summed E-state index contributed by atoms with van der Waals surface area (Å²) in [6.07, 6.45) is 5.63. The van der Waals surface area contributed by atoms with Crippen molar-refractivity contribution in [3.63, 3.8) is 0 Å². The Labute approximate surface area is 94.1 Å². The Balaban J connectivity index is 1.93. The minimum Gasteiger partial charge on any atom is -0.0996 e. The fraction of sp³-hybridized carbons (Fsp3) is 0.867. The highest BCUT2D eigenvalue weighted by atomic mass is 14.7. The van der Waals surface area contributed by atoms with Gasteiger partial charge in [0.15, 0.2) is 0 Å². The minimum absolute atomic E-state index is 0.655. The molecular formula is C15H24. The van der Waals surface area contributed by atoms with Gasteiger partial charge in [-0.2, -0.15) is 0 Å². The molecule has 3 rings (SSSR count). The van der Waals surface area contributed by atoms with Gasteiger partial charge in [-0.05, 0) is 60.7 Å². The topological polar surface area (TPSA) is 0 Å². The molecule has 84 valence electrons. The van der Waals surface area contributed by atoms with E-state index in [9.17, 15) is 0 Å². The zero-order chi connectivity index (χ0) is 10.8. The van der Waals surface area contributed by atoms with E-state index in [1.54, 1.807) is 5.57 Å². The first-order valence-corrected chi connectivity index (χ1v) is 6.71. The monoisotopic (exact) mass is 204 g/mol. The van der Waals surface area contributed by atoms with E-state index < -0.39 is 0 Å². The molecular weight excluding hydrogens is 180 g/mol. The Morgan fingerprint density at radius 2 is 1.93 bits per heavy atom. The molecule has 0 radical (unpaired) electrons. The maximum absolute atomic E-state index is 4.35. The first kappa shape index (κ1) is 9.93. The van der Waals surface area contributed by atoms with Gasteiger partial charge in [0.2, 0.25) is 0 Å². The molecule has 3 fully saturated rings. The van der Waals surface area contributed by atoms with Crippen molar-refractivity contribution >= 4 is 0 Å². The van der Waals surface area contributed by atoms with E-state index in [0.717, 1.165) is 29.6 Å². The van der Waals surface area contributed by atoms with Crippen molar-refractivity contribution in [2.45, 2.75) is 46.5 Å². The summed E-state index contributed by atoms with van der Waals surface area (Å²) in [6.45, 7) is 11.8. The van der Waals surface area contributed by atoms with Crippen LogP contribution in [0, 0.1) is 35.0 Å². The van der Waals surface area contributed by atoms with Crippen LogP contribution < -0.4 is 0 Å². The van der Waals surface area contributed by atoms with Gasteiger partial charge in [-0.3, -0.25) is 0 Å². The summed E-state index contributed by atoms with van der Waals surface area (Å²) < 4.78 is 0. The zero-order valence-electron chi connectivity index (χ0n) is 10.4. The molecule has 0 N–H and O–H groups in total. The van der Waals surface area contributed by atoms with E-state index in [1.807, 2.05) is 0 Å². The predicted octanol–water partition coefficient (Wildman–Crippen LogP) is 4.27. The lowest BCUT2D eigenvalue weighted by Crippen LogP contribution is -2.18. The fourth-order valence-electron chi connectivity index (χ4n) is 4.93. The van der Waals surface area contributed by atoms with Gasteiger partial charge < -0.3 is 0 Å². The van der Waals surface area contributed by atoms with Crippen LogP contribution in [0.25, 0.3) is 0 Å². The third kappa shape index (κ3) is 1.20. The largest absolute Gasteiger partial charge is 0.0996 e.